The number of benzene rings is 2. The second-order valence-electron chi connectivity index (χ2n) is 7.64. The van der Waals surface area contributed by atoms with E-state index in [1.54, 1.807) is 12.3 Å². The van der Waals surface area contributed by atoms with E-state index in [2.05, 4.69) is 41.8 Å². The van der Waals surface area contributed by atoms with Crippen molar-refractivity contribution in [1.82, 2.24) is 15.3 Å². The van der Waals surface area contributed by atoms with Crippen LogP contribution in [0.15, 0.2) is 59.2 Å². The number of fused-ring (bicyclic) bond motifs is 1. The summed E-state index contributed by atoms with van der Waals surface area (Å²) in [5, 5.41) is 19.3. The Morgan fingerprint density at radius 3 is 2.70 bits per heavy atom. The maximum absolute atomic E-state index is 12.1. The smallest absolute Gasteiger partial charge is 0.252 e. The standard InChI is InChI=1S/C22H22BrN5O2/c1-22(2)16-10-14(8-9-15(16)20(30)28-22)25-21-24-11-17(23)19(27-21)26-18(12-29)13-6-4-3-5-7-13/h3-11,18,29H,12H2,1-2H3,(H,28,30)(H2,24,25,26,27)/t18-/m1/s1. The Morgan fingerprint density at radius 2 is 1.97 bits per heavy atom. The highest BCUT2D eigenvalue weighted by Crippen LogP contribution is 2.33. The van der Waals surface area contributed by atoms with Gasteiger partial charge in [0.1, 0.15) is 5.82 Å². The number of nitrogens with zero attached hydrogens (tertiary/aromatic N) is 2. The zero-order chi connectivity index (χ0) is 21.3. The average Bonchev–Trinajstić information content (AvgIpc) is 2.97. The van der Waals surface area contributed by atoms with Crippen molar-refractivity contribution in [2.24, 2.45) is 0 Å². The van der Waals surface area contributed by atoms with Crippen molar-refractivity contribution < 1.29 is 9.90 Å². The lowest BCUT2D eigenvalue weighted by Gasteiger charge is -2.20. The summed E-state index contributed by atoms with van der Waals surface area (Å²) in [6, 6.07) is 15.0. The summed E-state index contributed by atoms with van der Waals surface area (Å²) in [6.07, 6.45) is 1.65. The first-order chi connectivity index (χ1) is 14.4. The molecule has 1 aromatic heterocycles. The summed E-state index contributed by atoms with van der Waals surface area (Å²) in [5.41, 5.74) is 2.92. The molecule has 4 N–H and O–H groups in total. The fraction of sp³-hybridized carbons (Fsp3) is 0.227. The van der Waals surface area contributed by atoms with Crippen LogP contribution in [0, 0.1) is 0 Å². The molecule has 2 aromatic carbocycles. The molecule has 8 heteroatoms. The van der Waals surface area contributed by atoms with Gasteiger partial charge in [-0.1, -0.05) is 30.3 Å². The summed E-state index contributed by atoms with van der Waals surface area (Å²) >= 11 is 3.47. The summed E-state index contributed by atoms with van der Waals surface area (Å²) in [7, 11) is 0. The maximum Gasteiger partial charge on any atom is 0.252 e. The second kappa shape index (κ2) is 8.04. The average molecular weight is 468 g/mol. The molecule has 4 rings (SSSR count). The number of anilines is 3. The quantitative estimate of drug-likeness (QED) is 0.435. The van der Waals surface area contributed by atoms with Crippen molar-refractivity contribution in [2.45, 2.75) is 25.4 Å². The van der Waals surface area contributed by atoms with Crippen LogP contribution >= 0.6 is 15.9 Å². The first-order valence-electron chi connectivity index (χ1n) is 9.56. The molecule has 0 saturated heterocycles. The molecule has 0 saturated carbocycles. The molecule has 0 spiro atoms. The van der Waals surface area contributed by atoms with E-state index in [4.69, 9.17) is 0 Å². The van der Waals surface area contributed by atoms with Crippen LogP contribution in [0.3, 0.4) is 0 Å². The molecule has 154 valence electrons. The predicted octanol–water partition coefficient (Wildman–Crippen LogP) is 4.11. The maximum atomic E-state index is 12.1. The van der Waals surface area contributed by atoms with Crippen molar-refractivity contribution in [2.75, 3.05) is 17.2 Å². The molecular formula is C22H22BrN5O2. The molecule has 7 nitrogen and oxygen atoms in total. The van der Waals surface area contributed by atoms with Crippen molar-refractivity contribution in [1.29, 1.82) is 0 Å². The van der Waals surface area contributed by atoms with Crippen LogP contribution in [0.25, 0.3) is 0 Å². The molecule has 0 aliphatic carbocycles. The Morgan fingerprint density at radius 1 is 1.20 bits per heavy atom. The molecule has 0 radical (unpaired) electrons. The Labute approximate surface area is 183 Å². The first-order valence-corrected chi connectivity index (χ1v) is 10.4. The summed E-state index contributed by atoms with van der Waals surface area (Å²) in [5.74, 6) is 0.901. The van der Waals surface area contributed by atoms with Gasteiger partial charge in [-0.2, -0.15) is 4.98 Å². The lowest BCUT2D eigenvalue weighted by atomic mass is 9.94. The molecule has 1 atom stereocenters. The Bertz CT molecular complexity index is 1090. The van der Waals surface area contributed by atoms with Crippen LogP contribution in [0.1, 0.15) is 41.4 Å². The SMILES string of the molecule is CC1(C)NC(=O)c2ccc(Nc3ncc(Br)c(N[C@H](CO)c4ccccc4)n3)cc21. The van der Waals surface area contributed by atoms with Gasteiger partial charge in [-0.25, -0.2) is 4.98 Å². The van der Waals surface area contributed by atoms with Crippen LogP contribution in [0.2, 0.25) is 0 Å². The Balaban J connectivity index is 1.58. The normalized spacial score (nSPS) is 15.3. The van der Waals surface area contributed by atoms with E-state index >= 15 is 0 Å². The number of rotatable bonds is 6. The van der Waals surface area contributed by atoms with Crippen LogP contribution < -0.4 is 16.0 Å². The second-order valence-corrected chi connectivity index (χ2v) is 8.50. The number of amides is 1. The number of carbonyl (C=O) groups is 1. The van der Waals surface area contributed by atoms with E-state index in [0.29, 0.717) is 21.8 Å². The van der Waals surface area contributed by atoms with Gasteiger partial charge in [-0.15, -0.1) is 0 Å². The molecule has 0 unspecified atom stereocenters. The van der Waals surface area contributed by atoms with Gasteiger partial charge in [0.05, 0.1) is 22.7 Å². The summed E-state index contributed by atoms with van der Waals surface area (Å²) in [4.78, 5) is 21.0. The molecule has 1 amide bonds. The van der Waals surface area contributed by atoms with Gasteiger partial charge in [0.25, 0.3) is 5.91 Å². The number of nitrogens with one attached hydrogen (secondary N) is 3. The van der Waals surface area contributed by atoms with E-state index in [-0.39, 0.29) is 18.6 Å². The zero-order valence-corrected chi connectivity index (χ0v) is 18.2. The Hall–Kier alpha value is -2.97. The number of aliphatic hydroxyl groups is 1. The summed E-state index contributed by atoms with van der Waals surface area (Å²) < 4.78 is 0.687. The van der Waals surface area contributed by atoms with Gasteiger partial charge in [0.2, 0.25) is 5.95 Å². The van der Waals surface area contributed by atoms with Gasteiger partial charge in [-0.05, 0) is 59.1 Å². The molecule has 0 fully saturated rings. The van der Waals surface area contributed by atoms with E-state index in [9.17, 15) is 9.90 Å². The minimum atomic E-state index is -0.429. The molecular weight excluding hydrogens is 446 g/mol. The predicted molar refractivity (Wildman–Crippen MR) is 120 cm³/mol. The van der Waals surface area contributed by atoms with Crippen LogP contribution in [0.4, 0.5) is 17.5 Å². The number of hydrogen-bond donors (Lipinski definition) is 4. The van der Waals surface area contributed by atoms with Crippen LogP contribution in [-0.2, 0) is 5.54 Å². The molecule has 30 heavy (non-hydrogen) atoms. The minimum Gasteiger partial charge on any atom is -0.394 e. The third kappa shape index (κ3) is 4.01. The lowest BCUT2D eigenvalue weighted by Crippen LogP contribution is -2.32. The fourth-order valence-corrected chi connectivity index (χ4v) is 3.80. The molecule has 1 aliphatic heterocycles. The topological polar surface area (TPSA) is 99.2 Å². The minimum absolute atomic E-state index is 0.0658. The molecule has 1 aliphatic rings. The lowest BCUT2D eigenvalue weighted by molar-refractivity contribution is 0.0940. The highest BCUT2D eigenvalue weighted by atomic mass is 79.9. The molecule has 0 bridgehead atoms. The van der Waals surface area contributed by atoms with Crippen LogP contribution in [0.5, 0.6) is 0 Å². The first kappa shape index (κ1) is 20.3. The number of halogens is 1. The number of hydrogen-bond acceptors (Lipinski definition) is 6. The zero-order valence-electron chi connectivity index (χ0n) is 16.6. The number of aliphatic hydroxyl groups excluding tert-OH is 1. The van der Waals surface area contributed by atoms with Gasteiger partial charge in [0.15, 0.2) is 0 Å². The van der Waals surface area contributed by atoms with Crippen molar-refractivity contribution in [3.8, 4) is 0 Å². The van der Waals surface area contributed by atoms with Crippen molar-refractivity contribution in [3.63, 3.8) is 0 Å². The highest BCUT2D eigenvalue weighted by molar-refractivity contribution is 9.10. The van der Waals surface area contributed by atoms with E-state index in [0.717, 1.165) is 16.8 Å². The van der Waals surface area contributed by atoms with Gasteiger partial charge >= 0.3 is 0 Å². The van der Waals surface area contributed by atoms with Crippen LogP contribution in [-0.4, -0.2) is 27.6 Å². The monoisotopic (exact) mass is 467 g/mol. The third-order valence-electron chi connectivity index (χ3n) is 5.06. The summed E-state index contributed by atoms with van der Waals surface area (Å²) in [6.45, 7) is 3.86. The van der Waals surface area contributed by atoms with E-state index in [1.807, 2.05) is 56.3 Å². The highest BCUT2D eigenvalue weighted by Gasteiger charge is 2.34. The van der Waals surface area contributed by atoms with Gasteiger partial charge in [-0.3, -0.25) is 4.79 Å². The number of aromatic nitrogens is 2. The van der Waals surface area contributed by atoms with Gasteiger partial charge < -0.3 is 21.1 Å². The third-order valence-corrected chi connectivity index (χ3v) is 5.64. The fourth-order valence-electron chi connectivity index (χ4n) is 3.50. The molecule has 2 heterocycles. The van der Waals surface area contributed by atoms with Crippen molar-refractivity contribution in [3.05, 3.63) is 75.9 Å². The number of carbonyl (C=O) groups excluding carboxylic acids is 1. The van der Waals surface area contributed by atoms with E-state index < -0.39 is 5.54 Å². The largest absolute Gasteiger partial charge is 0.394 e. The van der Waals surface area contributed by atoms with E-state index in [1.165, 1.54) is 0 Å². The molecule has 3 aromatic rings. The Kier molecular flexibility index (Phi) is 5.44. The van der Waals surface area contributed by atoms with Gasteiger partial charge in [0, 0.05) is 17.4 Å². The van der Waals surface area contributed by atoms with Crippen molar-refractivity contribution >= 4 is 39.3 Å².